The Morgan fingerprint density at radius 1 is 1.18 bits per heavy atom. The Kier molecular flexibility index (Phi) is 5.94. The smallest absolute Gasteiger partial charge is 0.255 e. The lowest BCUT2D eigenvalue weighted by Gasteiger charge is -2.44. The second kappa shape index (κ2) is 9.31. The van der Waals surface area contributed by atoms with E-state index >= 15 is 0 Å². The molecule has 1 aromatic carbocycles. The first-order valence-electron chi connectivity index (χ1n) is 14.5. The molecule has 7 rings (SSSR count). The molecule has 0 bridgehead atoms. The summed E-state index contributed by atoms with van der Waals surface area (Å²) in [6, 6.07) is 10.0. The van der Waals surface area contributed by atoms with E-state index in [9.17, 15) is 4.79 Å². The molecular weight excluding hydrogens is 504 g/mol. The Labute approximate surface area is 234 Å². The van der Waals surface area contributed by atoms with Gasteiger partial charge in [-0.1, -0.05) is 0 Å². The lowest BCUT2D eigenvalue weighted by atomic mass is 9.72. The molecule has 2 aliphatic carbocycles. The molecule has 1 aliphatic heterocycles. The number of pyridine rings is 1. The third-order valence-corrected chi connectivity index (χ3v) is 9.82. The Hall–Kier alpha value is -3.43. The summed E-state index contributed by atoms with van der Waals surface area (Å²) in [7, 11) is 3.46. The fourth-order valence-corrected chi connectivity index (χ4v) is 7.45. The molecule has 1 saturated heterocycles. The van der Waals surface area contributed by atoms with Crippen molar-refractivity contribution >= 4 is 28.0 Å². The van der Waals surface area contributed by atoms with Crippen LogP contribution in [0.4, 0.5) is 0 Å². The highest BCUT2D eigenvalue weighted by atomic mass is 16.5. The topological polar surface area (TPSA) is 100 Å². The summed E-state index contributed by atoms with van der Waals surface area (Å²) in [6.45, 7) is 6.58. The fraction of sp³-hybridized carbons (Fsp3) is 0.516. The molecule has 9 heteroatoms. The van der Waals surface area contributed by atoms with Gasteiger partial charge in [-0.15, -0.1) is 0 Å². The number of aryl methyl sites for hydroxylation is 1. The van der Waals surface area contributed by atoms with E-state index in [1.54, 1.807) is 14.2 Å². The van der Waals surface area contributed by atoms with E-state index in [4.69, 9.17) is 20.2 Å². The average molecular weight is 543 g/mol. The van der Waals surface area contributed by atoms with Crippen LogP contribution in [-0.2, 0) is 17.8 Å². The number of nitrogens with two attached hydrogens (primary N) is 1. The molecule has 9 nitrogen and oxygen atoms in total. The molecule has 3 aliphatic rings. The number of amides is 1. The van der Waals surface area contributed by atoms with E-state index in [0.29, 0.717) is 29.1 Å². The summed E-state index contributed by atoms with van der Waals surface area (Å²) in [5.74, 6) is 2.87. The molecule has 40 heavy (non-hydrogen) atoms. The SMILES string of the molecule is CCn1c(-c2nc3cc(C(=O)N4C[C@H]5CC[C@H]5[C@H]4N)cc(OC)c3n2C[C@H]2C[C@](C)(OC)C2)cc2cccnc21. The maximum Gasteiger partial charge on any atom is 0.255 e. The molecule has 210 valence electrons. The van der Waals surface area contributed by atoms with Crippen molar-refractivity contribution in [2.24, 2.45) is 23.5 Å². The second-order valence-corrected chi connectivity index (χ2v) is 12.2. The molecule has 4 heterocycles. The number of ether oxygens (including phenoxy) is 2. The normalized spacial score (nSPS) is 27.6. The van der Waals surface area contributed by atoms with Gasteiger partial charge in [-0.05, 0) is 87.6 Å². The second-order valence-electron chi connectivity index (χ2n) is 12.2. The van der Waals surface area contributed by atoms with E-state index in [1.807, 2.05) is 29.3 Å². The van der Waals surface area contributed by atoms with Gasteiger partial charge < -0.3 is 29.2 Å². The van der Waals surface area contributed by atoms with Crippen molar-refractivity contribution in [2.45, 2.75) is 64.4 Å². The Bertz CT molecular complexity index is 1620. The summed E-state index contributed by atoms with van der Waals surface area (Å²) >= 11 is 0. The number of aromatic nitrogens is 4. The molecule has 3 fully saturated rings. The first kappa shape index (κ1) is 25.5. The summed E-state index contributed by atoms with van der Waals surface area (Å²) < 4.78 is 16.2. The minimum atomic E-state index is -0.220. The van der Waals surface area contributed by atoms with Crippen LogP contribution in [0.5, 0.6) is 5.75 Å². The number of hydrogen-bond donors (Lipinski definition) is 1. The van der Waals surface area contributed by atoms with Crippen molar-refractivity contribution in [1.82, 2.24) is 24.0 Å². The van der Waals surface area contributed by atoms with Crippen molar-refractivity contribution in [1.29, 1.82) is 0 Å². The van der Waals surface area contributed by atoms with Gasteiger partial charge >= 0.3 is 0 Å². The maximum atomic E-state index is 13.7. The lowest BCUT2D eigenvalue weighted by molar-refractivity contribution is -0.0937. The molecule has 3 atom stereocenters. The third kappa shape index (κ3) is 3.78. The van der Waals surface area contributed by atoms with Crippen LogP contribution in [0.25, 0.3) is 33.6 Å². The number of rotatable bonds is 7. The number of benzene rings is 1. The zero-order chi connectivity index (χ0) is 27.8. The fourth-order valence-electron chi connectivity index (χ4n) is 7.45. The molecule has 2 saturated carbocycles. The molecular formula is C31H38N6O3. The molecule has 3 aromatic heterocycles. The first-order valence-corrected chi connectivity index (χ1v) is 14.5. The van der Waals surface area contributed by atoms with Gasteiger partial charge in [0.1, 0.15) is 16.9 Å². The number of likely N-dealkylation sites (tertiary alicyclic amines) is 1. The molecule has 0 unspecified atom stereocenters. The predicted octanol–water partition coefficient (Wildman–Crippen LogP) is 4.66. The van der Waals surface area contributed by atoms with Crippen molar-refractivity contribution in [3.8, 4) is 17.3 Å². The number of fused-ring (bicyclic) bond motifs is 3. The van der Waals surface area contributed by atoms with Crippen LogP contribution in [0.1, 0.15) is 49.9 Å². The van der Waals surface area contributed by atoms with Crippen LogP contribution in [0, 0.1) is 17.8 Å². The highest BCUT2D eigenvalue weighted by Crippen LogP contribution is 2.45. The number of carbonyl (C=O) groups is 1. The first-order chi connectivity index (χ1) is 19.3. The van der Waals surface area contributed by atoms with Gasteiger partial charge in [0.15, 0.2) is 5.82 Å². The monoisotopic (exact) mass is 542 g/mol. The number of imidazole rings is 1. The van der Waals surface area contributed by atoms with Crippen molar-refractivity contribution in [2.75, 3.05) is 20.8 Å². The van der Waals surface area contributed by atoms with Gasteiger partial charge in [-0.2, -0.15) is 0 Å². The van der Waals surface area contributed by atoms with Crippen LogP contribution in [-0.4, -0.2) is 62.4 Å². The van der Waals surface area contributed by atoms with Crippen molar-refractivity contribution < 1.29 is 14.3 Å². The van der Waals surface area contributed by atoms with E-state index in [0.717, 1.165) is 78.9 Å². The Balaban J connectivity index is 1.36. The number of methoxy groups -OCH3 is 2. The lowest BCUT2D eigenvalue weighted by Crippen LogP contribution is -2.44. The van der Waals surface area contributed by atoms with Crippen LogP contribution >= 0.6 is 0 Å². The van der Waals surface area contributed by atoms with E-state index < -0.39 is 0 Å². The Morgan fingerprint density at radius 2 is 2.00 bits per heavy atom. The maximum absolute atomic E-state index is 13.7. The van der Waals surface area contributed by atoms with Crippen LogP contribution in [0.15, 0.2) is 36.5 Å². The van der Waals surface area contributed by atoms with Gasteiger partial charge in [0.25, 0.3) is 5.91 Å². The molecule has 2 N–H and O–H groups in total. The summed E-state index contributed by atoms with van der Waals surface area (Å²) in [5, 5.41) is 1.08. The highest BCUT2D eigenvalue weighted by Gasteiger charge is 2.47. The van der Waals surface area contributed by atoms with E-state index in [2.05, 4.69) is 40.1 Å². The van der Waals surface area contributed by atoms with E-state index in [1.165, 1.54) is 0 Å². The zero-order valence-corrected chi connectivity index (χ0v) is 23.8. The van der Waals surface area contributed by atoms with Crippen LogP contribution in [0.2, 0.25) is 0 Å². The van der Waals surface area contributed by atoms with Gasteiger partial charge in [0, 0.05) is 43.9 Å². The van der Waals surface area contributed by atoms with Gasteiger partial charge in [-0.3, -0.25) is 4.79 Å². The molecule has 0 spiro atoms. The zero-order valence-electron chi connectivity index (χ0n) is 23.8. The number of nitrogens with zero attached hydrogens (tertiary/aromatic N) is 5. The summed E-state index contributed by atoms with van der Waals surface area (Å²) in [5.41, 5.74) is 10.6. The van der Waals surface area contributed by atoms with Gasteiger partial charge in [0.2, 0.25) is 0 Å². The van der Waals surface area contributed by atoms with Crippen LogP contribution < -0.4 is 10.5 Å². The molecule has 4 aromatic rings. The predicted molar refractivity (Wildman–Crippen MR) is 154 cm³/mol. The van der Waals surface area contributed by atoms with Gasteiger partial charge in [-0.25, -0.2) is 9.97 Å². The summed E-state index contributed by atoms with van der Waals surface area (Å²) in [4.78, 5) is 25.4. The molecule has 1 amide bonds. The van der Waals surface area contributed by atoms with E-state index in [-0.39, 0.29) is 17.7 Å². The average Bonchev–Trinajstić information content (AvgIpc) is 3.55. The minimum Gasteiger partial charge on any atom is -0.494 e. The number of hydrogen-bond acceptors (Lipinski definition) is 6. The quantitative estimate of drug-likeness (QED) is 0.365. The third-order valence-electron chi connectivity index (χ3n) is 9.82. The Morgan fingerprint density at radius 3 is 2.65 bits per heavy atom. The van der Waals surface area contributed by atoms with Crippen molar-refractivity contribution in [3.63, 3.8) is 0 Å². The van der Waals surface area contributed by atoms with Crippen LogP contribution in [0.3, 0.4) is 0 Å². The minimum absolute atomic E-state index is 0.0417. The standard InChI is InChI=1S/C31H38N6O3/c1-5-35-24(12-19-7-6-10-33-28(19)35)29-34-23-11-21(30(38)37-17-20-8-9-22(20)27(37)32)13-25(39-3)26(23)36(29)16-18-14-31(2,15-18)40-4/h6-7,10-13,18,20,22,27H,5,8-9,14-17,32H2,1-4H3/t18-,20-,22-,27+,31-/m1/s1. The summed E-state index contributed by atoms with van der Waals surface area (Å²) in [6.07, 6.45) is 5.83. The van der Waals surface area contributed by atoms with Gasteiger partial charge in [0.05, 0.1) is 30.1 Å². The molecule has 0 radical (unpaired) electrons. The van der Waals surface area contributed by atoms with Crippen molar-refractivity contribution in [3.05, 3.63) is 42.1 Å². The number of carbonyl (C=O) groups excluding carboxylic acids is 1. The largest absolute Gasteiger partial charge is 0.494 e. The highest BCUT2D eigenvalue weighted by molar-refractivity contribution is 6.00.